The van der Waals surface area contributed by atoms with Crippen LogP contribution in [0.5, 0.6) is 11.5 Å². The van der Waals surface area contributed by atoms with Crippen molar-refractivity contribution in [1.29, 1.82) is 0 Å². The molecule has 2 aromatic rings. The molecule has 2 rings (SSSR count). The lowest BCUT2D eigenvalue weighted by atomic mass is 10.1. The third-order valence-electron chi connectivity index (χ3n) is 4.16. The van der Waals surface area contributed by atoms with E-state index in [4.69, 9.17) is 14.2 Å². The van der Waals surface area contributed by atoms with Crippen LogP contribution in [0.4, 0.5) is 4.79 Å². The maximum atomic E-state index is 11.8. The molecular formula is C24H33NO5. The number of carbonyl (C=O) groups is 1. The Hall–Kier alpha value is -2.73. The molecule has 0 radical (unpaired) electrons. The van der Waals surface area contributed by atoms with Crippen LogP contribution in [0.15, 0.2) is 48.5 Å². The summed E-state index contributed by atoms with van der Waals surface area (Å²) in [5.74, 6) is 1.38. The third kappa shape index (κ3) is 8.74. The van der Waals surface area contributed by atoms with Crippen molar-refractivity contribution in [3.8, 4) is 11.5 Å². The second-order valence-electron chi connectivity index (χ2n) is 8.19. The van der Waals surface area contributed by atoms with Crippen molar-refractivity contribution >= 4 is 6.09 Å². The molecule has 0 heterocycles. The molecule has 0 saturated heterocycles. The normalized spacial score (nSPS) is 12.2. The second-order valence-corrected chi connectivity index (χ2v) is 8.19. The average Bonchev–Trinajstić information content (AvgIpc) is 2.70. The molecule has 164 valence electrons. The largest absolute Gasteiger partial charge is 0.489 e. The number of ether oxygens (including phenoxy) is 3. The van der Waals surface area contributed by atoms with Crippen LogP contribution in [0, 0.1) is 0 Å². The number of aliphatic hydroxyl groups is 1. The van der Waals surface area contributed by atoms with Crippen molar-refractivity contribution in [1.82, 2.24) is 5.32 Å². The van der Waals surface area contributed by atoms with E-state index in [9.17, 15) is 9.90 Å². The standard InChI is InChI=1S/C24H33NO5/c1-18(16-26)29-22-15-21(28-17-19-9-6-5-7-10-19)13-12-20(22)11-8-14-25-23(27)30-24(2,3)4/h5-7,9-10,12-13,15,18,26H,8,11,14,16-17H2,1-4H3,(H,25,27)/t18-/m1/s1. The third-order valence-corrected chi connectivity index (χ3v) is 4.16. The summed E-state index contributed by atoms with van der Waals surface area (Å²) in [4.78, 5) is 11.8. The Morgan fingerprint density at radius 1 is 1.13 bits per heavy atom. The summed E-state index contributed by atoms with van der Waals surface area (Å²) in [7, 11) is 0. The number of aryl methyl sites for hydroxylation is 1. The van der Waals surface area contributed by atoms with Crippen molar-refractivity contribution in [3.63, 3.8) is 0 Å². The molecule has 1 atom stereocenters. The van der Waals surface area contributed by atoms with Gasteiger partial charge in [0.1, 0.15) is 29.8 Å². The number of carbonyl (C=O) groups excluding carboxylic acids is 1. The first-order chi connectivity index (χ1) is 14.3. The molecule has 0 aliphatic rings. The summed E-state index contributed by atoms with van der Waals surface area (Å²) in [6.07, 6.45) is 0.695. The molecule has 0 aliphatic heterocycles. The minimum absolute atomic E-state index is 0.0747. The SMILES string of the molecule is C[C@H](CO)Oc1cc(OCc2ccccc2)ccc1CCCNC(=O)OC(C)(C)C. The molecule has 6 nitrogen and oxygen atoms in total. The fourth-order valence-electron chi connectivity index (χ4n) is 2.72. The van der Waals surface area contributed by atoms with Crippen LogP contribution in [0.25, 0.3) is 0 Å². The van der Waals surface area contributed by atoms with Gasteiger partial charge in [0.2, 0.25) is 0 Å². The molecule has 2 aromatic carbocycles. The first-order valence-electron chi connectivity index (χ1n) is 10.3. The molecule has 0 fully saturated rings. The van der Waals surface area contributed by atoms with Crippen LogP contribution in [0.1, 0.15) is 45.2 Å². The van der Waals surface area contributed by atoms with Crippen LogP contribution < -0.4 is 14.8 Å². The van der Waals surface area contributed by atoms with E-state index < -0.39 is 11.7 Å². The zero-order valence-corrected chi connectivity index (χ0v) is 18.3. The fourth-order valence-corrected chi connectivity index (χ4v) is 2.72. The lowest BCUT2D eigenvalue weighted by molar-refractivity contribution is 0.0527. The topological polar surface area (TPSA) is 77.0 Å². The van der Waals surface area contributed by atoms with E-state index in [1.165, 1.54) is 0 Å². The minimum atomic E-state index is -0.513. The van der Waals surface area contributed by atoms with E-state index in [1.807, 2.05) is 76.2 Å². The molecule has 0 aromatic heterocycles. The van der Waals surface area contributed by atoms with Gasteiger partial charge in [-0.1, -0.05) is 36.4 Å². The second kappa shape index (κ2) is 11.5. The number of nitrogens with one attached hydrogen (secondary N) is 1. The number of benzene rings is 2. The number of hydrogen-bond donors (Lipinski definition) is 2. The monoisotopic (exact) mass is 415 g/mol. The summed E-state index contributed by atoms with van der Waals surface area (Å²) in [6.45, 7) is 8.20. The van der Waals surface area contributed by atoms with E-state index in [0.717, 1.165) is 17.5 Å². The van der Waals surface area contributed by atoms with Gasteiger partial charge in [0.25, 0.3) is 0 Å². The molecule has 30 heavy (non-hydrogen) atoms. The smallest absolute Gasteiger partial charge is 0.407 e. The first kappa shape index (κ1) is 23.5. The van der Waals surface area contributed by atoms with Crippen LogP contribution in [0.3, 0.4) is 0 Å². The van der Waals surface area contributed by atoms with Gasteiger partial charge in [-0.25, -0.2) is 4.79 Å². The number of alkyl carbamates (subject to hydrolysis) is 1. The van der Waals surface area contributed by atoms with Crippen molar-refractivity contribution in [3.05, 3.63) is 59.7 Å². The summed E-state index contributed by atoms with van der Waals surface area (Å²) >= 11 is 0. The zero-order chi connectivity index (χ0) is 22.0. The van der Waals surface area contributed by atoms with Crippen molar-refractivity contribution in [2.45, 2.75) is 58.8 Å². The van der Waals surface area contributed by atoms with E-state index >= 15 is 0 Å². The number of hydrogen-bond acceptors (Lipinski definition) is 5. The molecule has 0 saturated carbocycles. The van der Waals surface area contributed by atoms with Crippen LogP contribution in [-0.2, 0) is 17.8 Å². The van der Waals surface area contributed by atoms with E-state index in [2.05, 4.69) is 5.32 Å². The van der Waals surface area contributed by atoms with E-state index in [-0.39, 0.29) is 12.7 Å². The van der Waals surface area contributed by atoms with Gasteiger partial charge in [0, 0.05) is 12.6 Å². The van der Waals surface area contributed by atoms with Crippen LogP contribution in [0.2, 0.25) is 0 Å². The lowest BCUT2D eigenvalue weighted by Crippen LogP contribution is -2.33. The molecule has 0 spiro atoms. The summed E-state index contributed by atoms with van der Waals surface area (Å²) in [5, 5.41) is 12.1. The lowest BCUT2D eigenvalue weighted by Gasteiger charge is -2.20. The molecule has 0 aliphatic carbocycles. The maximum absolute atomic E-state index is 11.8. The predicted molar refractivity (Wildman–Crippen MR) is 117 cm³/mol. The number of aliphatic hydroxyl groups excluding tert-OH is 1. The predicted octanol–water partition coefficient (Wildman–Crippen LogP) is 4.48. The molecule has 6 heteroatoms. The van der Waals surface area contributed by atoms with Gasteiger partial charge in [0.15, 0.2) is 0 Å². The maximum Gasteiger partial charge on any atom is 0.407 e. The average molecular weight is 416 g/mol. The van der Waals surface area contributed by atoms with Gasteiger partial charge in [-0.05, 0) is 57.7 Å². The van der Waals surface area contributed by atoms with Gasteiger partial charge in [-0.2, -0.15) is 0 Å². The van der Waals surface area contributed by atoms with E-state index in [0.29, 0.717) is 31.1 Å². The van der Waals surface area contributed by atoms with Crippen LogP contribution in [-0.4, -0.2) is 36.1 Å². The first-order valence-corrected chi connectivity index (χ1v) is 10.3. The Kier molecular flexibility index (Phi) is 8.99. The Balaban J connectivity index is 1.95. The highest BCUT2D eigenvalue weighted by atomic mass is 16.6. The molecule has 0 bridgehead atoms. The highest BCUT2D eigenvalue weighted by molar-refractivity contribution is 5.67. The Morgan fingerprint density at radius 3 is 2.53 bits per heavy atom. The van der Waals surface area contributed by atoms with Gasteiger partial charge < -0.3 is 24.6 Å². The van der Waals surface area contributed by atoms with Gasteiger partial charge >= 0.3 is 6.09 Å². The summed E-state index contributed by atoms with van der Waals surface area (Å²) in [5.41, 5.74) is 1.57. The van der Waals surface area contributed by atoms with Gasteiger partial charge in [-0.3, -0.25) is 0 Å². The summed E-state index contributed by atoms with van der Waals surface area (Å²) < 4.78 is 17.0. The zero-order valence-electron chi connectivity index (χ0n) is 18.3. The minimum Gasteiger partial charge on any atom is -0.489 e. The highest BCUT2D eigenvalue weighted by Gasteiger charge is 2.16. The van der Waals surface area contributed by atoms with Crippen molar-refractivity contribution in [2.24, 2.45) is 0 Å². The van der Waals surface area contributed by atoms with Crippen molar-refractivity contribution < 1.29 is 24.1 Å². The number of rotatable bonds is 10. The molecule has 0 unspecified atom stereocenters. The molecule has 1 amide bonds. The Morgan fingerprint density at radius 2 is 1.87 bits per heavy atom. The van der Waals surface area contributed by atoms with Crippen molar-refractivity contribution in [2.75, 3.05) is 13.2 Å². The molecular weight excluding hydrogens is 382 g/mol. The summed E-state index contributed by atoms with van der Waals surface area (Å²) in [6, 6.07) is 15.7. The van der Waals surface area contributed by atoms with Gasteiger partial charge in [-0.15, -0.1) is 0 Å². The highest BCUT2D eigenvalue weighted by Crippen LogP contribution is 2.27. The van der Waals surface area contributed by atoms with Gasteiger partial charge in [0.05, 0.1) is 6.61 Å². The Labute approximate surface area is 179 Å². The van der Waals surface area contributed by atoms with Crippen LogP contribution >= 0.6 is 0 Å². The van der Waals surface area contributed by atoms with E-state index in [1.54, 1.807) is 0 Å². The number of amides is 1. The molecule has 2 N–H and O–H groups in total. The fraction of sp³-hybridized carbons (Fsp3) is 0.458. The quantitative estimate of drug-likeness (QED) is 0.560. The Bertz CT molecular complexity index is 786.